The summed E-state index contributed by atoms with van der Waals surface area (Å²) in [5, 5.41) is 9.08. The van der Waals surface area contributed by atoms with Crippen molar-refractivity contribution in [3.05, 3.63) is 59.7 Å². The number of carbonyl (C=O) groups excluding carboxylic acids is 1. The van der Waals surface area contributed by atoms with Gasteiger partial charge in [0, 0.05) is 13.1 Å². The summed E-state index contributed by atoms with van der Waals surface area (Å²) in [7, 11) is 0. The van der Waals surface area contributed by atoms with Gasteiger partial charge in [-0.05, 0) is 22.3 Å². The topological polar surface area (TPSA) is 40.5 Å². The Morgan fingerprint density at radius 3 is 1.89 bits per heavy atom. The Kier molecular flexibility index (Phi) is 3.05. The van der Waals surface area contributed by atoms with E-state index >= 15 is 0 Å². The first-order valence-corrected chi connectivity index (χ1v) is 6.34. The van der Waals surface area contributed by atoms with E-state index in [2.05, 4.69) is 12.1 Å². The number of carbonyl (C=O) groups is 1. The van der Waals surface area contributed by atoms with E-state index in [1.165, 1.54) is 11.1 Å². The number of aliphatic hydroxyl groups is 1. The van der Waals surface area contributed by atoms with Crippen LogP contribution in [0.3, 0.4) is 0 Å². The molecule has 0 aromatic heterocycles. The van der Waals surface area contributed by atoms with Gasteiger partial charge in [0.1, 0.15) is 6.61 Å². The molecule has 0 spiro atoms. The van der Waals surface area contributed by atoms with Gasteiger partial charge in [0.05, 0.1) is 0 Å². The van der Waals surface area contributed by atoms with E-state index in [0.29, 0.717) is 13.1 Å². The molecule has 3 rings (SSSR count). The molecule has 0 saturated heterocycles. The zero-order chi connectivity index (χ0) is 13.2. The minimum absolute atomic E-state index is 0.230. The van der Waals surface area contributed by atoms with Crippen molar-refractivity contribution in [3.8, 4) is 11.1 Å². The first-order chi connectivity index (χ1) is 9.29. The predicted octanol–water partition coefficient (Wildman–Crippen LogP) is 2.19. The number of nitrogens with zero attached hydrogens (tertiary/aromatic N) is 1. The van der Waals surface area contributed by atoms with Crippen molar-refractivity contribution in [2.75, 3.05) is 6.61 Å². The summed E-state index contributed by atoms with van der Waals surface area (Å²) in [6.45, 7) is 0.652. The third-order valence-electron chi connectivity index (χ3n) is 3.54. The Morgan fingerprint density at radius 1 is 0.947 bits per heavy atom. The molecule has 1 amide bonds. The predicted molar refractivity (Wildman–Crippen MR) is 73.2 cm³/mol. The summed E-state index contributed by atoms with van der Waals surface area (Å²) >= 11 is 0. The van der Waals surface area contributed by atoms with Crippen LogP contribution in [-0.4, -0.2) is 22.5 Å². The molecule has 3 heteroatoms. The molecule has 0 fully saturated rings. The second kappa shape index (κ2) is 4.86. The van der Waals surface area contributed by atoms with E-state index < -0.39 is 6.61 Å². The number of hydrogen-bond donors (Lipinski definition) is 1. The van der Waals surface area contributed by atoms with Crippen LogP contribution >= 0.6 is 0 Å². The monoisotopic (exact) mass is 253 g/mol. The third kappa shape index (κ3) is 2.13. The maximum absolute atomic E-state index is 11.8. The summed E-state index contributed by atoms with van der Waals surface area (Å²) in [4.78, 5) is 13.5. The van der Waals surface area contributed by atoms with Crippen LogP contribution in [0.15, 0.2) is 48.5 Å². The minimum atomic E-state index is -0.440. The molecule has 0 unspecified atom stereocenters. The second-order valence-corrected chi connectivity index (χ2v) is 4.72. The normalized spacial score (nSPS) is 13.4. The van der Waals surface area contributed by atoms with Crippen LogP contribution in [0.25, 0.3) is 11.1 Å². The SMILES string of the molecule is O=C(CO)N1Cc2ccccc2-c2ccccc2C1. The van der Waals surface area contributed by atoms with Crippen molar-refractivity contribution in [2.24, 2.45) is 0 Å². The zero-order valence-corrected chi connectivity index (χ0v) is 10.5. The average molecular weight is 253 g/mol. The number of fused-ring (bicyclic) bond motifs is 3. The lowest BCUT2D eigenvalue weighted by molar-refractivity contribution is -0.135. The Hall–Kier alpha value is -2.13. The molecular formula is C16H15NO2. The molecule has 3 nitrogen and oxygen atoms in total. The molecular weight excluding hydrogens is 238 g/mol. The lowest BCUT2D eigenvalue weighted by atomic mass is 9.97. The maximum Gasteiger partial charge on any atom is 0.248 e. The second-order valence-electron chi connectivity index (χ2n) is 4.72. The lowest BCUT2D eigenvalue weighted by Crippen LogP contribution is -2.31. The number of amides is 1. The highest BCUT2D eigenvalue weighted by molar-refractivity contribution is 5.79. The Labute approximate surface area is 112 Å². The first-order valence-electron chi connectivity index (χ1n) is 6.34. The van der Waals surface area contributed by atoms with Gasteiger partial charge in [0.25, 0.3) is 0 Å². The average Bonchev–Trinajstić information content (AvgIpc) is 2.63. The van der Waals surface area contributed by atoms with Gasteiger partial charge >= 0.3 is 0 Å². The minimum Gasteiger partial charge on any atom is -0.387 e. The van der Waals surface area contributed by atoms with E-state index in [1.807, 2.05) is 36.4 Å². The van der Waals surface area contributed by atoms with Crippen LogP contribution in [-0.2, 0) is 17.9 Å². The van der Waals surface area contributed by atoms with Crippen LogP contribution in [0.1, 0.15) is 11.1 Å². The van der Waals surface area contributed by atoms with Gasteiger partial charge in [0.2, 0.25) is 5.91 Å². The standard InChI is InChI=1S/C16H15NO2/c18-11-16(19)17-9-12-5-1-3-7-14(12)15-8-4-2-6-13(15)10-17/h1-8,18H,9-11H2. The van der Waals surface area contributed by atoms with Crippen molar-refractivity contribution < 1.29 is 9.90 Å². The van der Waals surface area contributed by atoms with Crippen molar-refractivity contribution in [3.63, 3.8) is 0 Å². The van der Waals surface area contributed by atoms with Gasteiger partial charge in [-0.2, -0.15) is 0 Å². The molecule has 0 aliphatic carbocycles. The molecule has 0 bridgehead atoms. The Balaban J connectivity index is 2.15. The van der Waals surface area contributed by atoms with Crippen LogP contribution in [0.5, 0.6) is 0 Å². The molecule has 1 heterocycles. The van der Waals surface area contributed by atoms with E-state index in [1.54, 1.807) is 4.90 Å². The fraction of sp³-hybridized carbons (Fsp3) is 0.188. The highest BCUT2D eigenvalue weighted by Crippen LogP contribution is 2.32. The van der Waals surface area contributed by atoms with E-state index in [0.717, 1.165) is 11.1 Å². The lowest BCUT2D eigenvalue weighted by Gasteiger charge is -2.20. The van der Waals surface area contributed by atoms with E-state index in [9.17, 15) is 4.79 Å². The number of hydrogen-bond acceptors (Lipinski definition) is 2. The molecule has 1 N–H and O–H groups in total. The number of aliphatic hydroxyl groups excluding tert-OH is 1. The van der Waals surface area contributed by atoms with Crippen molar-refractivity contribution in [1.82, 2.24) is 4.90 Å². The molecule has 1 aliphatic rings. The molecule has 96 valence electrons. The van der Waals surface area contributed by atoms with Gasteiger partial charge in [-0.15, -0.1) is 0 Å². The highest BCUT2D eigenvalue weighted by Gasteiger charge is 2.21. The molecule has 0 radical (unpaired) electrons. The van der Waals surface area contributed by atoms with Crippen molar-refractivity contribution >= 4 is 5.91 Å². The Bertz CT molecular complexity index is 574. The maximum atomic E-state index is 11.8. The van der Waals surface area contributed by atoms with Crippen LogP contribution in [0.2, 0.25) is 0 Å². The van der Waals surface area contributed by atoms with Crippen LogP contribution in [0.4, 0.5) is 0 Å². The fourth-order valence-corrected chi connectivity index (χ4v) is 2.59. The molecule has 0 atom stereocenters. The van der Waals surface area contributed by atoms with Gasteiger partial charge in [-0.3, -0.25) is 4.79 Å². The number of benzene rings is 2. The molecule has 2 aromatic rings. The van der Waals surface area contributed by atoms with E-state index in [4.69, 9.17) is 5.11 Å². The van der Waals surface area contributed by atoms with Gasteiger partial charge < -0.3 is 10.0 Å². The van der Waals surface area contributed by atoms with Crippen LogP contribution < -0.4 is 0 Å². The van der Waals surface area contributed by atoms with Crippen LogP contribution in [0, 0.1) is 0 Å². The van der Waals surface area contributed by atoms with Gasteiger partial charge in [-0.1, -0.05) is 48.5 Å². The Morgan fingerprint density at radius 2 is 1.42 bits per heavy atom. The summed E-state index contributed by atoms with van der Waals surface area (Å²) < 4.78 is 0. The molecule has 1 aliphatic heterocycles. The smallest absolute Gasteiger partial charge is 0.248 e. The number of rotatable bonds is 1. The molecule has 2 aromatic carbocycles. The largest absolute Gasteiger partial charge is 0.387 e. The molecule has 19 heavy (non-hydrogen) atoms. The zero-order valence-electron chi connectivity index (χ0n) is 10.5. The summed E-state index contributed by atoms with van der Waals surface area (Å²) in [6, 6.07) is 16.2. The summed E-state index contributed by atoms with van der Waals surface area (Å²) in [5.41, 5.74) is 4.58. The fourth-order valence-electron chi connectivity index (χ4n) is 2.59. The van der Waals surface area contributed by atoms with Crippen molar-refractivity contribution in [2.45, 2.75) is 13.1 Å². The quantitative estimate of drug-likeness (QED) is 0.846. The van der Waals surface area contributed by atoms with Crippen molar-refractivity contribution in [1.29, 1.82) is 0 Å². The first kappa shape index (κ1) is 11.9. The van der Waals surface area contributed by atoms with Gasteiger partial charge in [-0.25, -0.2) is 0 Å². The third-order valence-corrected chi connectivity index (χ3v) is 3.54. The highest BCUT2D eigenvalue weighted by atomic mass is 16.3. The van der Waals surface area contributed by atoms with Gasteiger partial charge in [0.15, 0.2) is 0 Å². The molecule has 0 saturated carbocycles. The van der Waals surface area contributed by atoms with E-state index in [-0.39, 0.29) is 5.91 Å². The summed E-state index contributed by atoms with van der Waals surface area (Å²) in [5.74, 6) is -0.230. The summed E-state index contributed by atoms with van der Waals surface area (Å²) in [6.07, 6.45) is 0.